The van der Waals surface area contributed by atoms with E-state index in [1.807, 2.05) is 5.87 Å². The lowest BCUT2D eigenvalue weighted by Gasteiger charge is -2.02. The summed E-state index contributed by atoms with van der Waals surface area (Å²) in [7, 11) is 0. The molecule has 1 aromatic rings. The number of carbonyl (C=O) groups is 1. The van der Waals surface area contributed by atoms with Crippen LogP contribution in [-0.2, 0) is 0 Å². The molecule has 1 aromatic heterocycles. The lowest BCUT2D eigenvalue weighted by Crippen LogP contribution is -2.15. The number of allylic oxidation sites excluding steroid dienone is 1. The van der Waals surface area contributed by atoms with Crippen molar-refractivity contribution in [3.8, 4) is 0 Å². The fraction of sp³-hybridized carbons (Fsp3) is 0.222. The number of rotatable bonds is 1. The second kappa shape index (κ2) is 3.63. The number of ketones is 1. The lowest BCUT2D eigenvalue weighted by atomic mass is 10.2. The van der Waals surface area contributed by atoms with E-state index in [0.29, 0.717) is 11.5 Å². The molecule has 2 rings (SSSR count). The van der Waals surface area contributed by atoms with Crippen molar-refractivity contribution >= 4 is 23.8 Å². The van der Waals surface area contributed by atoms with Gasteiger partial charge in [0.1, 0.15) is 12.0 Å². The molecule has 0 amide bonds. The molecule has 0 aromatic carbocycles. The Kier molecular flexibility index (Phi) is 2.30. The Labute approximate surface area is 90.7 Å². The van der Waals surface area contributed by atoms with Gasteiger partial charge < -0.3 is 5.41 Å². The van der Waals surface area contributed by atoms with Gasteiger partial charge in [-0.1, -0.05) is 5.21 Å². The first-order valence-electron chi connectivity index (χ1n) is 4.46. The largest absolute Gasteiger partial charge is 0.761 e. The molecule has 1 aliphatic heterocycles. The Morgan fingerprint density at radius 2 is 2.31 bits per heavy atom. The quantitative estimate of drug-likeness (QED) is 0.494. The minimum atomic E-state index is -0.179. The zero-order valence-corrected chi connectivity index (χ0v) is 8.67. The molecule has 0 N–H and O–H groups in total. The van der Waals surface area contributed by atoms with Crippen molar-refractivity contribution in [1.29, 1.82) is 0 Å². The molecule has 0 spiro atoms. The Morgan fingerprint density at radius 3 is 2.88 bits per heavy atom. The van der Waals surface area contributed by atoms with Crippen LogP contribution in [0.2, 0.25) is 0 Å². The van der Waals surface area contributed by atoms with E-state index in [1.165, 1.54) is 17.9 Å². The molecular formula is C9H7N6O-. The number of hydrogen-bond acceptors (Lipinski definition) is 5. The third kappa shape index (κ3) is 1.39. The van der Waals surface area contributed by atoms with Crippen molar-refractivity contribution in [3.05, 3.63) is 22.5 Å². The minimum absolute atomic E-state index is 0.156. The summed E-state index contributed by atoms with van der Waals surface area (Å²) in [5.74, 6) is 2.01. The first-order chi connectivity index (χ1) is 7.65. The maximum Gasteiger partial charge on any atom is 0.189 e. The zero-order chi connectivity index (χ0) is 11.7. The first-order valence-corrected chi connectivity index (χ1v) is 4.46. The van der Waals surface area contributed by atoms with E-state index < -0.39 is 0 Å². The van der Waals surface area contributed by atoms with Gasteiger partial charge in [0.25, 0.3) is 0 Å². The summed E-state index contributed by atoms with van der Waals surface area (Å²) < 4.78 is 1.34. The predicted molar refractivity (Wildman–Crippen MR) is 58.0 cm³/mol. The summed E-state index contributed by atoms with van der Waals surface area (Å²) in [6.45, 7) is 3.09. The molecule has 0 saturated heterocycles. The Balaban J connectivity index is 2.52. The molecule has 16 heavy (non-hydrogen) atoms. The van der Waals surface area contributed by atoms with Crippen molar-refractivity contribution in [2.24, 2.45) is 9.98 Å². The lowest BCUT2D eigenvalue weighted by molar-refractivity contribution is 0.101. The highest BCUT2D eigenvalue weighted by Crippen LogP contribution is 2.10. The standard InChI is InChI=1S/C9H7N6O/c1-5-8(6(2)16)13-14-15(5)9-7(3-10)11-4-12-9/h4H,1-2H3/q-1. The van der Waals surface area contributed by atoms with Gasteiger partial charge in [0, 0.05) is 6.92 Å². The van der Waals surface area contributed by atoms with Gasteiger partial charge in [0.15, 0.2) is 17.3 Å². The molecule has 0 radical (unpaired) electrons. The third-order valence-corrected chi connectivity index (χ3v) is 2.11. The van der Waals surface area contributed by atoms with Crippen LogP contribution in [0.3, 0.4) is 0 Å². The molecule has 0 atom stereocenters. The van der Waals surface area contributed by atoms with Crippen LogP contribution in [0.15, 0.2) is 15.7 Å². The number of carbonyl (C=O) groups excluding carboxylic acids is 1. The summed E-state index contributed by atoms with van der Waals surface area (Å²) >= 11 is 0. The maximum atomic E-state index is 11.2. The van der Waals surface area contributed by atoms with E-state index in [4.69, 9.17) is 5.41 Å². The molecule has 0 unspecified atom stereocenters. The van der Waals surface area contributed by atoms with E-state index in [-0.39, 0.29) is 17.2 Å². The second-order valence-electron chi connectivity index (χ2n) is 3.15. The zero-order valence-electron chi connectivity index (χ0n) is 8.67. The fourth-order valence-corrected chi connectivity index (χ4v) is 1.35. The highest BCUT2D eigenvalue weighted by atomic mass is 16.1. The van der Waals surface area contributed by atoms with Crippen molar-refractivity contribution in [2.75, 3.05) is 0 Å². The number of Topliss-reactive ketones (excluding diaryl/α,β-unsaturated/α-hetero) is 1. The summed E-state index contributed by atoms with van der Waals surface area (Å²) in [4.78, 5) is 18.9. The highest BCUT2D eigenvalue weighted by Gasteiger charge is 2.19. The molecule has 0 bridgehead atoms. The Bertz CT molecular complexity index is 573. The highest BCUT2D eigenvalue weighted by molar-refractivity contribution is 6.13. The normalized spacial score (nSPS) is 13.9. The van der Waals surface area contributed by atoms with Gasteiger partial charge in [-0.25, -0.2) is 15.9 Å². The predicted octanol–water partition coefficient (Wildman–Crippen LogP) is 0.201. The minimum Gasteiger partial charge on any atom is -0.761 e. The van der Waals surface area contributed by atoms with Crippen LogP contribution in [-0.4, -0.2) is 38.8 Å². The van der Waals surface area contributed by atoms with Crippen LogP contribution in [0.5, 0.6) is 0 Å². The molecule has 0 fully saturated rings. The van der Waals surface area contributed by atoms with Gasteiger partial charge in [-0.2, -0.15) is 4.68 Å². The molecule has 7 heteroatoms. The SMILES string of the molecule is CC(=O)c1nnn(C2=NC=NC2=C=[N-])c1C. The maximum absolute atomic E-state index is 11.2. The van der Waals surface area contributed by atoms with Crippen molar-refractivity contribution < 1.29 is 4.79 Å². The van der Waals surface area contributed by atoms with Crippen LogP contribution in [0.25, 0.3) is 5.41 Å². The van der Waals surface area contributed by atoms with Gasteiger partial charge in [-0.3, -0.25) is 4.79 Å². The number of nitrogens with zero attached hydrogens (tertiary/aromatic N) is 6. The second-order valence-corrected chi connectivity index (χ2v) is 3.15. The summed E-state index contributed by atoms with van der Waals surface area (Å²) in [6.07, 6.45) is 1.27. The van der Waals surface area contributed by atoms with Crippen LogP contribution in [0.1, 0.15) is 23.1 Å². The van der Waals surface area contributed by atoms with Crippen molar-refractivity contribution in [2.45, 2.75) is 13.8 Å². The number of aliphatic imine (C=N–C) groups is 2. The molecule has 0 aliphatic carbocycles. The molecule has 80 valence electrons. The first kappa shape index (κ1) is 10.1. The molecule has 7 nitrogen and oxygen atoms in total. The molecular weight excluding hydrogens is 208 g/mol. The van der Waals surface area contributed by atoms with Gasteiger partial charge in [-0.15, -0.1) is 5.10 Å². The van der Waals surface area contributed by atoms with Gasteiger partial charge >= 0.3 is 0 Å². The number of aromatic nitrogens is 3. The van der Waals surface area contributed by atoms with Crippen LogP contribution in [0.4, 0.5) is 0 Å². The van der Waals surface area contributed by atoms with Crippen LogP contribution < -0.4 is 0 Å². The Morgan fingerprint density at radius 1 is 1.56 bits per heavy atom. The summed E-state index contributed by atoms with van der Waals surface area (Å²) in [5, 5.41) is 16.3. The van der Waals surface area contributed by atoms with E-state index in [9.17, 15) is 4.79 Å². The van der Waals surface area contributed by atoms with E-state index in [1.54, 1.807) is 6.92 Å². The van der Waals surface area contributed by atoms with E-state index in [2.05, 4.69) is 20.3 Å². The van der Waals surface area contributed by atoms with Gasteiger partial charge in [0.05, 0.1) is 5.69 Å². The summed E-state index contributed by atoms with van der Waals surface area (Å²) in [6, 6.07) is 0. The Hall–Kier alpha value is -2.40. The van der Waals surface area contributed by atoms with Gasteiger partial charge in [0.2, 0.25) is 0 Å². The average molecular weight is 215 g/mol. The van der Waals surface area contributed by atoms with Gasteiger partial charge in [-0.05, 0) is 6.92 Å². The molecule has 0 saturated carbocycles. The van der Waals surface area contributed by atoms with Crippen molar-refractivity contribution in [3.63, 3.8) is 0 Å². The molecule has 1 aliphatic rings. The smallest absolute Gasteiger partial charge is 0.189 e. The third-order valence-electron chi connectivity index (χ3n) is 2.11. The van der Waals surface area contributed by atoms with Crippen LogP contribution in [0, 0.1) is 6.92 Å². The topological polar surface area (TPSA) is 94.8 Å². The van der Waals surface area contributed by atoms with Crippen LogP contribution >= 0.6 is 0 Å². The number of hydrogen-bond donors (Lipinski definition) is 0. The summed E-state index contributed by atoms with van der Waals surface area (Å²) in [5.41, 5.74) is 0.972. The average Bonchev–Trinajstić information content (AvgIpc) is 2.82. The van der Waals surface area contributed by atoms with E-state index in [0.717, 1.165) is 0 Å². The monoisotopic (exact) mass is 215 g/mol. The molecule has 2 heterocycles. The van der Waals surface area contributed by atoms with E-state index >= 15 is 0 Å². The fourth-order valence-electron chi connectivity index (χ4n) is 1.35. The van der Waals surface area contributed by atoms with Crippen molar-refractivity contribution in [1.82, 2.24) is 15.0 Å².